The van der Waals surface area contributed by atoms with Crippen LogP contribution in [0.15, 0.2) is 0 Å². The quantitative estimate of drug-likeness (QED) is 0.666. The van der Waals surface area contributed by atoms with Crippen LogP contribution in [0.5, 0.6) is 0 Å². The van der Waals surface area contributed by atoms with Crippen molar-refractivity contribution in [1.82, 2.24) is 0 Å². The van der Waals surface area contributed by atoms with Crippen molar-refractivity contribution < 1.29 is 5.11 Å². The minimum atomic E-state index is 0.184. The molecule has 0 aromatic rings. The molecule has 0 rings (SSSR count). The molecule has 1 nitrogen and oxygen atoms in total. The molecule has 0 spiro atoms. The molecule has 0 aliphatic rings. The van der Waals surface area contributed by atoms with E-state index in [0.717, 1.165) is 6.42 Å². The van der Waals surface area contributed by atoms with Crippen molar-refractivity contribution in [2.24, 2.45) is 0 Å². The second-order valence-corrected chi connectivity index (χ2v) is 2.30. The van der Waals surface area contributed by atoms with Gasteiger partial charge in [-0.25, -0.2) is 0 Å². The van der Waals surface area contributed by atoms with E-state index in [1.54, 1.807) is 5.37 Å². The van der Waals surface area contributed by atoms with Crippen LogP contribution in [0.4, 0.5) is 0 Å². The lowest BCUT2D eigenvalue weighted by Crippen LogP contribution is -1.77. The van der Waals surface area contributed by atoms with Gasteiger partial charge in [-0.15, -0.1) is 0 Å². The third-order valence-corrected chi connectivity index (χ3v) is 1.12. The van der Waals surface area contributed by atoms with Crippen LogP contribution in [0.2, 0.25) is 0 Å². The minimum absolute atomic E-state index is 0.184. The summed E-state index contributed by atoms with van der Waals surface area (Å²) in [6.45, 7) is 2.30. The Labute approximate surface area is 73.4 Å². The fraction of sp³-hybridized carbons (Fsp3) is 0.714. The SMILES string of the molecule is CCCC=S.OCCC=S. The third kappa shape index (κ3) is 24.2. The fourth-order valence-corrected chi connectivity index (χ4v) is 0.512. The Kier molecular flexibility index (Phi) is 20.5. The van der Waals surface area contributed by atoms with Gasteiger partial charge in [0.05, 0.1) is 0 Å². The maximum Gasteiger partial charge on any atom is 0.0473 e. The highest BCUT2D eigenvalue weighted by molar-refractivity contribution is 7.79. The number of aliphatic hydroxyl groups excluding tert-OH is 1. The monoisotopic (exact) mass is 178 g/mol. The van der Waals surface area contributed by atoms with Crippen LogP contribution in [0, 0.1) is 0 Å². The van der Waals surface area contributed by atoms with Crippen LogP contribution in [-0.2, 0) is 0 Å². The Hall–Kier alpha value is 0.140. The first kappa shape index (κ1) is 12.8. The number of rotatable bonds is 4. The fourth-order valence-electron chi connectivity index (χ4n) is 0.171. The summed E-state index contributed by atoms with van der Waals surface area (Å²) < 4.78 is 0. The molecule has 3 heteroatoms. The summed E-state index contributed by atoms with van der Waals surface area (Å²) in [5.74, 6) is 0. The molecule has 0 unspecified atom stereocenters. The standard InChI is InChI=1S/C4H8S.C3H6OS/c1-2-3-4-5;4-2-1-3-5/h4H,2-3H2,1H3;3-4H,1-2H2. The lowest BCUT2D eigenvalue weighted by Gasteiger charge is -1.72. The summed E-state index contributed by atoms with van der Waals surface area (Å²) >= 11 is 8.89. The molecule has 60 valence electrons. The van der Waals surface area contributed by atoms with Gasteiger partial charge in [-0.2, -0.15) is 0 Å². The minimum Gasteiger partial charge on any atom is -0.396 e. The van der Waals surface area contributed by atoms with Crippen LogP contribution in [-0.4, -0.2) is 22.4 Å². The van der Waals surface area contributed by atoms with E-state index in [1.165, 1.54) is 11.8 Å². The second-order valence-electron chi connectivity index (χ2n) is 1.63. The molecule has 0 aromatic carbocycles. The first-order valence-corrected chi connectivity index (χ1v) is 4.25. The van der Waals surface area contributed by atoms with E-state index < -0.39 is 0 Å². The van der Waals surface area contributed by atoms with Crippen molar-refractivity contribution in [2.75, 3.05) is 6.61 Å². The Bertz CT molecular complexity index is 64.0. The van der Waals surface area contributed by atoms with E-state index in [9.17, 15) is 0 Å². The molecule has 0 radical (unpaired) electrons. The molecule has 0 aliphatic carbocycles. The number of aliphatic hydroxyl groups is 1. The van der Waals surface area contributed by atoms with Gasteiger partial charge in [0.15, 0.2) is 0 Å². The lowest BCUT2D eigenvalue weighted by molar-refractivity contribution is 0.309. The molecule has 10 heavy (non-hydrogen) atoms. The summed E-state index contributed by atoms with van der Waals surface area (Å²) in [5, 5.41) is 11.2. The van der Waals surface area contributed by atoms with Gasteiger partial charge < -0.3 is 5.11 Å². The van der Waals surface area contributed by atoms with Gasteiger partial charge in [-0.3, -0.25) is 0 Å². The smallest absolute Gasteiger partial charge is 0.0473 e. The Morgan fingerprint density at radius 1 is 1.20 bits per heavy atom. The zero-order valence-electron chi connectivity index (χ0n) is 6.25. The molecular formula is C7H14OS2. The topological polar surface area (TPSA) is 20.2 Å². The number of hydrogen-bond donors (Lipinski definition) is 1. The molecular weight excluding hydrogens is 164 g/mol. The van der Waals surface area contributed by atoms with Crippen LogP contribution in [0.1, 0.15) is 26.2 Å². The van der Waals surface area contributed by atoms with E-state index in [0.29, 0.717) is 6.42 Å². The molecule has 0 saturated heterocycles. The van der Waals surface area contributed by atoms with E-state index in [4.69, 9.17) is 5.11 Å². The summed E-state index contributed by atoms with van der Waals surface area (Å²) in [6.07, 6.45) is 2.90. The molecule has 0 amide bonds. The highest BCUT2D eigenvalue weighted by Crippen LogP contribution is 1.77. The number of hydrogen-bond acceptors (Lipinski definition) is 3. The van der Waals surface area contributed by atoms with Crippen molar-refractivity contribution in [3.8, 4) is 0 Å². The van der Waals surface area contributed by atoms with Crippen molar-refractivity contribution in [3.05, 3.63) is 0 Å². The van der Waals surface area contributed by atoms with E-state index in [-0.39, 0.29) is 6.61 Å². The van der Waals surface area contributed by atoms with Crippen molar-refractivity contribution >= 4 is 35.2 Å². The van der Waals surface area contributed by atoms with Crippen molar-refractivity contribution in [1.29, 1.82) is 0 Å². The molecule has 0 heterocycles. The molecule has 0 saturated carbocycles. The third-order valence-electron chi connectivity index (χ3n) is 0.653. The van der Waals surface area contributed by atoms with Crippen LogP contribution in [0.3, 0.4) is 0 Å². The van der Waals surface area contributed by atoms with Gasteiger partial charge in [0.1, 0.15) is 0 Å². The zero-order chi connectivity index (χ0) is 8.24. The van der Waals surface area contributed by atoms with Crippen molar-refractivity contribution in [3.63, 3.8) is 0 Å². The summed E-state index contributed by atoms with van der Waals surface area (Å²) in [5.41, 5.74) is 0. The van der Waals surface area contributed by atoms with E-state index in [1.807, 2.05) is 0 Å². The lowest BCUT2D eigenvalue weighted by atomic mass is 10.4. The maximum absolute atomic E-state index is 7.97. The highest BCUT2D eigenvalue weighted by Gasteiger charge is 1.64. The molecule has 0 aromatic heterocycles. The molecule has 0 atom stereocenters. The van der Waals surface area contributed by atoms with Gasteiger partial charge in [-0.05, 0) is 23.6 Å². The predicted octanol–water partition coefficient (Wildman–Crippen LogP) is 2.15. The Balaban J connectivity index is 0. The molecule has 0 fully saturated rings. The molecule has 0 bridgehead atoms. The summed E-state index contributed by atoms with van der Waals surface area (Å²) in [7, 11) is 0. The van der Waals surface area contributed by atoms with Gasteiger partial charge in [0.25, 0.3) is 0 Å². The zero-order valence-corrected chi connectivity index (χ0v) is 7.88. The average Bonchev–Trinajstić information content (AvgIpc) is 1.93. The Morgan fingerprint density at radius 2 is 1.70 bits per heavy atom. The maximum atomic E-state index is 7.97. The first-order valence-electron chi connectivity index (χ1n) is 3.31. The van der Waals surface area contributed by atoms with Crippen LogP contribution < -0.4 is 0 Å². The second kappa shape index (κ2) is 16.1. The first-order chi connectivity index (χ1) is 4.83. The summed E-state index contributed by atoms with van der Waals surface area (Å²) in [4.78, 5) is 0. The van der Waals surface area contributed by atoms with Gasteiger partial charge in [0.2, 0.25) is 0 Å². The largest absolute Gasteiger partial charge is 0.396 e. The van der Waals surface area contributed by atoms with Crippen molar-refractivity contribution in [2.45, 2.75) is 26.2 Å². The van der Waals surface area contributed by atoms with Gasteiger partial charge in [-0.1, -0.05) is 37.8 Å². The van der Waals surface area contributed by atoms with Gasteiger partial charge in [0, 0.05) is 6.61 Å². The average molecular weight is 178 g/mol. The van der Waals surface area contributed by atoms with Crippen LogP contribution in [0.25, 0.3) is 0 Å². The van der Waals surface area contributed by atoms with E-state index in [2.05, 4.69) is 31.4 Å². The number of thiocarbonyl (C=S) groups is 2. The Morgan fingerprint density at radius 3 is 1.70 bits per heavy atom. The number of unbranched alkanes of at least 4 members (excludes halogenated alkanes) is 1. The normalized spacial score (nSPS) is 7.40. The summed E-state index contributed by atoms with van der Waals surface area (Å²) in [6, 6.07) is 0. The predicted molar refractivity (Wildman–Crippen MR) is 53.9 cm³/mol. The van der Waals surface area contributed by atoms with Crippen LogP contribution >= 0.6 is 24.4 Å². The van der Waals surface area contributed by atoms with Gasteiger partial charge >= 0.3 is 0 Å². The highest BCUT2D eigenvalue weighted by atomic mass is 32.1. The van der Waals surface area contributed by atoms with E-state index >= 15 is 0 Å². The molecule has 1 N–H and O–H groups in total. The molecule has 0 aliphatic heterocycles.